The normalized spacial score (nSPS) is 11.1. The highest BCUT2D eigenvalue weighted by atomic mass is 14.2. The molecule has 0 saturated carbocycles. The van der Waals surface area contributed by atoms with Gasteiger partial charge in [-0.25, -0.2) is 0 Å². The molecule has 0 aliphatic carbocycles. The summed E-state index contributed by atoms with van der Waals surface area (Å²) in [6.45, 7) is 4.09. The number of hydrogen-bond acceptors (Lipinski definition) is 1. The van der Waals surface area contributed by atoms with Gasteiger partial charge in [0.2, 0.25) is 0 Å². The van der Waals surface area contributed by atoms with Gasteiger partial charge in [0.15, 0.2) is 0 Å². The van der Waals surface area contributed by atoms with Crippen molar-refractivity contribution < 1.29 is 0 Å². The van der Waals surface area contributed by atoms with E-state index in [4.69, 9.17) is 5.26 Å². The van der Waals surface area contributed by atoms with Gasteiger partial charge in [0.05, 0.1) is 6.07 Å². The van der Waals surface area contributed by atoms with Gasteiger partial charge < -0.3 is 0 Å². The van der Waals surface area contributed by atoms with Gasteiger partial charge in [-0.3, -0.25) is 0 Å². The number of nitrogens with zero attached hydrogens (tertiary/aromatic N) is 1. The SMILES string of the molecule is CC=C(C#N)CCCCC. The van der Waals surface area contributed by atoms with Crippen molar-refractivity contribution in [3.05, 3.63) is 11.6 Å². The van der Waals surface area contributed by atoms with Crippen LogP contribution in [0.25, 0.3) is 0 Å². The number of hydrogen-bond donors (Lipinski definition) is 0. The Labute approximate surface area is 63.4 Å². The van der Waals surface area contributed by atoms with Crippen molar-refractivity contribution in [2.75, 3.05) is 0 Å². The molecule has 0 heterocycles. The first-order valence-electron chi connectivity index (χ1n) is 3.90. The summed E-state index contributed by atoms with van der Waals surface area (Å²) in [5.74, 6) is 0. The zero-order valence-corrected chi connectivity index (χ0v) is 6.85. The van der Waals surface area contributed by atoms with E-state index in [0.717, 1.165) is 18.4 Å². The molecule has 0 unspecified atom stereocenters. The third kappa shape index (κ3) is 4.14. The molecule has 0 amide bonds. The van der Waals surface area contributed by atoms with Crippen LogP contribution in [0.5, 0.6) is 0 Å². The standard InChI is InChI=1S/C9H15N/c1-3-5-6-7-9(4-2)8-10/h4H,3,5-7H2,1-2H3. The number of allylic oxidation sites excluding steroid dienone is 2. The molecule has 0 rings (SSSR count). The predicted molar refractivity (Wildman–Crippen MR) is 43.5 cm³/mol. The van der Waals surface area contributed by atoms with Crippen LogP contribution in [0.15, 0.2) is 11.6 Å². The second kappa shape index (κ2) is 6.35. The Kier molecular flexibility index (Phi) is 5.86. The Hall–Kier alpha value is -0.770. The van der Waals surface area contributed by atoms with Crippen molar-refractivity contribution in [3.8, 4) is 6.07 Å². The Morgan fingerprint density at radius 1 is 1.50 bits per heavy atom. The van der Waals surface area contributed by atoms with Crippen molar-refractivity contribution in [2.24, 2.45) is 0 Å². The number of nitriles is 1. The zero-order valence-electron chi connectivity index (χ0n) is 6.85. The third-order valence-corrected chi connectivity index (χ3v) is 1.54. The summed E-state index contributed by atoms with van der Waals surface area (Å²) in [5, 5.41) is 8.51. The molecule has 10 heavy (non-hydrogen) atoms. The first-order chi connectivity index (χ1) is 4.85. The van der Waals surface area contributed by atoms with Crippen LogP contribution in [-0.2, 0) is 0 Å². The lowest BCUT2D eigenvalue weighted by Crippen LogP contribution is -1.79. The zero-order chi connectivity index (χ0) is 7.82. The molecule has 0 radical (unpaired) electrons. The maximum absolute atomic E-state index is 8.51. The minimum absolute atomic E-state index is 0.924. The van der Waals surface area contributed by atoms with Crippen LogP contribution in [0.4, 0.5) is 0 Å². The molecular formula is C9H15N. The molecule has 56 valence electrons. The van der Waals surface area contributed by atoms with E-state index in [-0.39, 0.29) is 0 Å². The lowest BCUT2D eigenvalue weighted by atomic mass is 10.1. The second-order valence-corrected chi connectivity index (χ2v) is 2.38. The van der Waals surface area contributed by atoms with Gasteiger partial charge >= 0.3 is 0 Å². The molecule has 0 N–H and O–H groups in total. The molecule has 1 heteroatoms. The molecule has 0 aliphatic heterocycles. The number of rotatable bonds is 4. The van der Waals surface area contributed by atoms with Crippen LogP contribution < -0.4 is 0 Å². The maximum atomic E-state index is 8.51. The quantitative estimate of drug-likeness (QED) is 0.431. The minimum Gasteiger partial charge on any atom is -0.193 e. The summed E-state index contributed by atoms with van der Waals surface area (Å²) in [7, 11) is 0. The first kappa shape index (κ1) is 9.23. The molecule has 0 spiro atoms. The highest BCUT2D eigenvalue weighted by molar-refractivity contribution is 5.18. The fourth-order valence-electron chi connectivity index (χ4n) is 0.830. The van der Waals surface area contributed by atoms with Gasteiger partial charge in [0.1, 0.15) is 0 Å². The summed E-state index contributed by atoms with van der Waals surface area (Å²) in [5.41, 5.74) is 0.924. The molecule has 0 bridgehead atoms. The van der Waals surface area contributed by atoms with E-state index in [1.165, 1.54) is 12.8 Å². The van der Waals surface area contributed by atoms with Crippen LogP contribution in [0, 0.1) is 11.3 Å². The molecule has 0 saturated heterocycles. The average molecular weight is 137 g/mol. The minimum atomic E-state index is 0.924. The molecule has 0 atom stereocenters. The fraction of sp³-hybridized carbons (Fsp3) is 0.667. The molecule has 0 aromatic carbocycles. The topological polar surface area (TPSA) is 23.8 Å². The van der Waals surface area contributed by atoms with Crippen molar-refractivity contribution in [1.82, 2.24) is 0 Å². The van der Waals surface area contributed by atoms with Gasteiger partial charge in [-0.2, -0.15) is 5.26 Å². The smallest absolute Gasteiger partial charge is 0.0943 e. The van der Waals surface area contributed by atoms with E-state index >= 15 is 0 Å². The van der Waals surface area contributed by atoms with Gasteiger partial charge in [0.25, 0.3) is 0 Å². The van der Waals surface area contributed by atoms with Crippen molar-refractivity contribution in [3.63, 3.8) is 0 Å². The summed E-state index contributed by atoms with van der Waals surface area (Å²) < 4.78 is 0. The monoisotopic (exact) mass is 137 g/mol. The largest absolute Gasteiger partial charge is 0.193 e. The van der Waals surface area contributed by atoms with E-state index in [1.807, 2.05) is 13.0 Å². The highest BCUT2D eigenvalue weighted by Gasteiger charge is 1.91. The molecule has 0 fully saturated rings. The Balaban J connectivity index is 3.40. The van der Waals surface area contributed by atoms with E-state index in [9.17, 15) is 0 Å². The molecule has 1 nitrogen and oxygen atoms in total. The van der Waals surface area contributed by atoms with Gasteiger partial charge in [0, 0.05) is 5.57 Å². The highest BCUT2D eigenvalue weighted by Crippen LogP contribution is 2.06. The molecule has 0 aromatic heterocycles. The van der Waals surface area contributed by atoms with Gasteiger partial charge in [-0.15, -0.1) is 0 Å². The summed E-state index contributed by atoms with van der Waals surface area (Å²) in [6.07, 6.45) is 6.47. The summed E-state index contributed by atoms with van der Waals surface area (Å²) in [4.78, 5) is 0. The Morgan fingerprint density at radius 3 is 2.60 bits per heavy atom. The van der Waals surface area contributed by atoms with E-state index in [0.29, 0.717) is 0 Å². The first-order valence-corrected chi connectivity index (χ1v) is 3.90. The number of unbranched alkanes of at least 4 members (excludes halogenated alkanes) is 2. The van der Waals surface area contributed by atoms with Crippen molar-refractivity contribution >= 4 is 0 Å². The Bertz CT molecular complexity index is 139. The van der Waals surface area contributed by atoms with Crippen LogP contribution in [0.1, 0.15) is 39.5 Å². The van der Waals surface area contributed by atoms with E-state index < -0.39 is 0 Å². The summed E-state index contributed by atoms with van der Waals surface area (Å²) >= 11 is 0. The molecule has 0 aromatic rings. The lowest BCUT2D eigenvalue weighted by molar-refractivity contribution is 0.720. The lowest BCUT2D eigenvalue weighted by Gasteiger charge is -1.94. The predicted octanol–water partition coefficient (Wildman–Crippen LogP) is 3.04. The van der Waals surface area contributed by atoms with Crippen LogP contribution in [-0.4, -0.2) is 0 Å². The molecular weight excluding hydrogens is 122 g/mol. The van der Waals surface area contributed by atoms with Crippen molar-refractivity contribution in [1.29, 1.82) is 5.26 Å². The average Bonchev–Trinajstić information content (AvgIpc) is 1.99. The van der Waals surface area contributed by atoms with Gasteiger partial charge in [-0.1, -0.05) is 25.8 Å². The van der Waals surface area contributed by atoms with Crippen LogP contribution in [0.3, 0.4) is 0 Å². The molecule has 0 aliphatic rings. The van der Waals surface area contributed by atoms with Gasteiger partial charge in [-0.05, 0) is 19.8 Å². The maximum Gasteiger partial charge on any atom is 0.0943 e. The van der Waals surface area contributed by atoms with Crippen LogP contribution in [0.2, 0.25) is 0 Å². The Morgan fingerprint density at radius 2 is 2.20 bits per heavy atom. The van der Waals surface area contributed by atoms with Crippen LogP contribution >= 0.6 is 0 Å². The third-order valence-electron chi connectivity index (χ3n) is 1.54. The second-order valence-electron chi connectivity index (χ2n) is 2.38. The fourth-order valence-corrected chi connectivity index (χ4v) is 0.830. The van der Waals surface area contributed by atoms with E-state index in [1.54, 1.807) is 0 Å². The van der Waals surface area contributed by atoms with E-state index in [2.05, 4.69) is 13.0 Å². The summed E-state index contributed by atoms with van der Waals surface area (Å²) in [6, 6.07) is 2.17. The van der Waals surface area contributed by atoms with Crippen molar-refractivity contribution in [2.45, 2.75) is 39.5 Å².